The highest BCUT2D eigenvalue weighted by atomic mass is 16.4. The van der Waals surface area contributed by atoms with Crippen molar-refractivity contribution in [2.75, 3.05) is 31.1 Å². The minimum atomic E-state index is -0.898. The van der Waals surface area contributed by atoms with Crippen LogP contribution in [-0.4, -0.2) is 58.5 Å². The van der Waals surface area contributed by atoms with Crippen molar-refractivity contribution < 1.29 is 14.7 Å². The number of carbonyl (C=O) groups excluding carboxylic acids is 1. The zero-order valence-electron chi connectivity index (χ0n) is 11.3. The second kappa shape index (κ2) is 5.35. The molecule has 1 saturated heterocycles. The first-order valence-corrected chi connectivity index (χ1v) is 6.62. The highest BCUT2D eigenvalue weighted by Gasteiger charge is 2.22. The molecule has 0 bridgehead atoms. The fourth-order valence-corrected chi connectivity index (χ4v) is 2.55. The van der Waals surface area contributed by atoms with Crippen LogP contribution in [0.25, 0.3) is 10.9 Å². The molecule has 0 radical (unpaired) electrons. The number of aromatic nitrogens is 2. The standard InChI is InChI=1S/C14H14N4O3/c19-8-10-2-1-3-11-12(10)15-9-16-13(11)17-4-6-18(7-5-17)14(20)21/h1-3,8-9H,4-7H2,(H,20,21). The maximum absolute atomic E-state index is 11.1. The predicted molar refractivity (Wildman–Crippen MR) is 76.7 cm³/mol. The van der Waals surface area contributed by atoms with Gasteiger partial charge in [-0.25, -0.2) is 14.8 Å². The van der Waals surface area contributed by atoms with Crippen LogP contribution in [0, 0.1) is 0 Å². The maximum Gasteiger partial charge on any atom is 0.407 e. The van der Waals surface area contributed by atoms with Crippen LogP contribution in [0.4, 0.5) is 10.6 Å². The number of piperazine rings is 1. The first-order valence-electron chi connectivity index (χ1n) is 6.62. The molecule has 0 aliphatic carbocycles. The van der Waals surface area contributed by atoms with Crippen LogP contribution in [0.15, 0.2) is 24.5 Å². The predicted octanol–water partition coefficient (Wildman–Crippen LogP) is 1.24. The zero-order chi connectivity index (χ0) is 14.8. The Labute approximate surface area is 120 Å². The van der Waals surface area contributed by atoms with Crippen LogP contribution in [0.1, 0.15) is 10.4 Å². The molecule has 1 fully saturated rings. The number of carbonyl (C=O) groups is 2. The Morgan fingerprint density at radius 3 is 2.62 bits per heavy atom. The normalized spacial score (nSPS) is 15.2. The van der Waals surface area contributed by atoms with Crippen molar-refractivity contribution in [3.05, 3.63) is 30.1 Å². The van der Waals surface area contributed by atoms with E-state index in [0.29, 0.717) is 37.3 Å². The quantitative estimate of drug-likeness (QED) is 0.836. The van der Waals surface area contributed by atoms with Gasteiger partial charge < -0.3 is 14.9 Å². The van der Waals surface area contributed by atoms with Crippen molar-refractivity contribution >= 4 is 29.1 Å². The van der Waals surface area contributed by atoms with Crippen molar-refractivity contribution in [3.8, 4) is 0 Å². The molecule has 0 atom stereocenters. The molecule has 0 saturated carbocycles. The average Bonchev–Trinajstić information content (AvgIpc) is 2.53. The van der Waals surface area contributed by atoms with Crippen molar-refractivity contribution in [2.24, 2.45) is 0 Å². The van der Waals surface area contributed by atoms with Crippen molar-refractivity contribution in [1.29, 1.82) is 0 Å². The van der Waals surface area contributed by atoms with Gasteiger partial charge >= 0.3 is 6.09 Å². The number of nitrogens with zero attached hydrogens (tertiary/aromatic N) is 4. The van der Waals surface area contributed by atoms with Gasteiger partial charge in [-0.2, -0.15) is 0 Å². The summed E-state index contributed by atoms with van der Waals surface area (Å²) in [4.78, 5) is 33.9. The number of fused-ring (bicyclic) bond motifs is 1. The SMILES string of the molecule is O=Cc1cccc2c(N3CCN(C(=O)O)CC3)ncnc12. The van der Waals surface area contributed by atoms with Gasteiger partial charge in [0.2, 0.25) is 0 Å². The maximum atomic E-state index is 11.1. The molecular weight excluding hydrogens is 272 g/mol. The van der Waals surface area contributed by atoms with Gasteiger partial charge in [-0.3, -0.25) is 4.79 Å². The summed E-state index contributed by atoms with van der Waals surface area (Å²) < 4.78 is 0. The average molecular weight is 286 g/mol. The molecule has 1 amide bonds. The van der Waals surface area contributed by atoms with E-state index in [4.69, 9.17) is 5.11 Å². The lowest BCUT2D eigenvalue weighted by Gasteiger charge is -2.34. The van der Waals surface area contributed by atoms with Crippen LogP contribution in [-0.2, 0) is 0 Å². The summed E-state index contributed by atoms with van der Waals surface area (Å²) >= 11 is 0. The Hall–Kier alpha value is -2.70. The van der Waals surface area contributed by atoms with Gasteiger partial charge in [-0.05, 0) is 12.1 Å². The summed E-state index contributed by atoms with van der Waals surface area (Å²) in [6.45, 7) is 2.02. The van der Waals surface area contributed by atoms with Gasteiger partial charge in [-0.1, -0.05) is 6.07 Å². The van der Waals surface area contributed by atoms with E-state index in [1.165, 1.54) is 11.2 Å². The summed E-state index contributed by atoms with van der Waals surface area (Å²) in [7, 11) is 0. The summed E-state index contributed by atoms with van der Waals surface area (Å²) in [5, 5.41) is 9.79. The Morgan fingerprint density at radius 2 is 1.95 bits per heavy atom. The van der Waals surface area contributed by atoms with Crippen molar-refractivity contribution in [1.82, 2.24) is 14.9 Å². The summed E-state index contributed by atoms with van der Waals surface area (Å²) in [5.41, 5.74) is 1.15. The monoisotopic (exact) mass is 286 g/mol. The Balaban J connectivity index is 1.95. The first-order chi connectivity index (χ1) is 10.2. The van der Waals surface area contributed by atoms with Crippen LogP contribution < -0.4 is 4.90 Å². The summed E-state index contributed by atoms with van der Waals surface area (Å²) in [6.07, 6.45) is 1.32. The topological polar surface area (TPSA) is 86.6 Å². The molecule has 2 aromatic rings. The second-order valence-corrected chi connectivity index (χ2v) is 4.82. The van der Waals surface area contributed by atoms with Crippen LogP contribution in [0.5, 0.6) is 0 Å². The van der Waals surface area contributed by atoms with Gasteiger partial charge in [0.05, 0.1) is 5.52 Å². The molecule has 1 aliphatic rings. The molecule has 21 heavy (non-hydrogen) atoms. The molecule has 0 spiro atoms. The zero-order valence-corrected chi connectivity index (χ0v) is 11.3. The summed E-state index contributed by atoms with van der Waals surface area (Å²) in [5.74, 6) is 0.744. The fourth-order valence-electron chi connectivity index (χ4n) is 2.55. The largest absolute Gasteiger partial charge is 0.465 e. The number of hydrogen-bond acceptors (Lipinski definition) is 5. The molecule has 1 aromatic heterocycles. The van der Waals surface area contributed by atoms with E-state index in [0.717, 1.165) is 17.5 Å². The minimum absolute atomic E-state index is 0.439. The number of aldehydes is 1. The van der Waals surface area contributed by atoms with Gasteiger partial charge in [0.15, 0.2) is 6.29 Å². The Kier molecular flexibility index (Phi) is 3.39. The van der Waals surface area contributed by atoms with E-state index in [9.17, 15) is 9.59 Å². The number of rotatable bonds is 2. The van der Waals surface area contributed by atoms with Crippen LogP contribution in [0.3, 0.4) is 0 Å². The van der Waals surface area contributed by atoms with E-state index in [1.54, 1.807) is 12.1 Å². The van der Waals surface area contributed by atoms with Crippen LogP contribution >= 0.6 is 0 Å². The number of para-hydroxylation sites is 1. The van der Waals surface area contributed by atoms with Gasteiger partial charge in [0, 0.05) is 37.1 Å². The number of anilines is 1. The molecular formula is C14H14N4O3. The lowest BCUT2D eigenvalue weighted by Crippen LogP contribution is -2.48. The molecule has 1 aliphatic heterocycles. The van der Waals surface area contributed by atoms with E-state index >= 15 is 0 Å². The van der Waals surface area contributed by atoms with Gasteiger partial charge in [0.25, 0.3) is 0 Å². The number of carboxylic acid groups (broad SMARTS) is 1. The highest BCUT2D eigenvalue weighted by molar-refractivity contribution is 6.00. The molecule has 1 aromatic carbocycles. The molecule has 7 nitrogen and oxygen atoms in total. The minimum Gasteiger partial charge on any atom is -0.465 e. The molecule has 7 heteroatoms. The Morgan fingerprint density at radius 1 is 1.19 bits per heavy atom. The highest BCUT2D eigenvalue weighted by Crippen LogP contribution is 2.25. The van der Waals surface area contributed by atoms with Gasteiger partial charge in [-0.15, -0.1) is 0 Å². The van der Waals surface area contributed by atoms with Crippen LogP contribution in [0.2, 0.25) is 0 Å². The summed E-state index contributed by atoms with van der Waals surface area (Å²) in [6, 6.07) is 5.39. The molecule has 3 rings (SSSR count). The number of benzene rings is 1. The fraction of sp³-hybridized carbons (Fsp3) is 0.286. The van der Waals surface area contributed by atoms with E-state index in [2.05, 4.69) is 9.97 Å². The second-order valence-electron chi connectivity index (χ2n) is 4.82. The van der Waals surface area contributed by atoms with E-state index < -0.39 is 6.09 Å². The van der Waals surface area contributed by atoms with E-state index in [-0.39, 0.29) is 0 Å². The molecule has 0 unspecified atom stereocenters. The van der Waals surface area contributed by atoms with Gasteiger partial charge in [0.1, 0.15) is 12.1 Å². The lowest BCUT2D eigenvalue weighted by molar-refractivity contribution is 0.112. The first kappa shape index (κ1) is 13.3. The van der Waals surface area contributed by atoms with Crippen molar-refractivity contribution in [2.45, 2.75) is 0 Å². The number of hydrogen-bond donors (Lipinski definition) is 1. The van der Waals surface area contributed by atoms with E-state index in [1.807, 2.05) is 11.0 Å². The number of amides is 1. The smallest absolute Gasteiger partial charge is 0.407 e. The Bertz CT molecular complexity index is 696. The molecule has 1 N–H and O–H groups in total. The lowest BCUT2D eigenvalue weighted by atomic mass is 10.1. The third-order valence-corrected chi connectivity index (χ3v) is 3.65. The third-order valence-electron chi connectivity index (χ3n) is 3.65. The molecule has 2 heterocycles. The molecule has 108 valence electrons. The third kappa shape index (κ3) is 2.37. The van der Waals surface area contributed by atoms with Crippen molar-refractivity contribution in [3.63, 3.8) is 0 Å².